The topological polar surface area (TPSA) is 63.5 Å². The van der Waals surface area contributed by atoms with Crippen LogP contribution in [0.15, 0.2) is 30.4 Å². The molecule has 1 amide bonds. The molecule has 5 nitrogen and oxygen atoms in total. The molecule has 0 saturated heterocycles. The standard InChI is InChI=1S/C13H14N2O3/c1-9(2)8-14-12-5-4-11(15(17)18)7-10(12)3-6-13(14)16/h4-5,7H,1,3,6,8H2,2H3. The van der Waals surface area contributed by atoms with Gasteiger partial charge in [-0.15, -0.1) is 0 Å². The molecule has 0 bridgehead atoms. The summed E-state index contributed by atoms with van der Waals surface area (Å²) < 4.78 is 0. The van der Waals surface area contributed by atoms with Crippen LogP contribution in [0.5, 0.6) is 0 Å². The van der Waals surface area contributed by atoms with Gasteiger partial charge in [0.15, 0.2) is 0 Å². The molecular formula is C13H14N2O3. The van der Waals surface area contributed by atoms with Crippen LogP contribution >= 0.6 is 0 Å². The number of benzene rings is 1. The first-order chi connectivity index (χ1) is 8.49. The number of aryl methyl sites for hydroxylation is 1. The van der Waals surface area contributed by atoms with Crippen molar-refractivity contribution >= 4 is 17.3 Å². The van der Waals surface area contributed by atoms with E-state index in [1.54, 1.807) is 17.0 Å². The van der Waals surface area contributed by atoms with Gasteiger partial charge in [-0.05, 0) is 25.0 Å². The van der Waals surface area contributed by atoms with E-state index in [0.29, 0.717) is 19.4 Å². The zero-order valence-electron chi connectivity index (χ0n) is 10.2. The Morgan fingerprint density at radius 3 is 2.83 bits per heavy atom. The lowest BCUT2D eigenvalue weighted by Crippen LogP contribution is -2.36. The van der Waals surface area contributed by atoms with Crippen LogP contribution in [0.2, 0.25) is 0 Å². The number of anilines is 1. The Balaban J connectivity index is 2.41. The van der Waals surface area contributed by atoms with E-state index < -0.39 is 4.92 Å². The van der Waals surface area contributed by atoms with Gasteiger partial charge in [0, 0.05) is 30.8 Å². The molecule has 0 unspecified atom stereocenters. The summed E-state index contributed by atoms with van der Waals surface area (Å²) in [6.45, 7) is 6.12. The highest BCUT2D eigenvalue weighted by molar-refractivity contribution is 5.97. The summed E-state index contributed by atoms with van der Waals surface area (Å²) in [5.74, 6) is 0.0411. The summed E-state index contributed by atoms with van der Waals surface area (Å²) >= 11 is 0. The Hall–Kier alpha value is -2.17. The summed E-state index contributed by atoms with van der Waals surface area (Å²) in [5, 5.41) is 10.7. The van der Waals surface area contributed by atoms with Gasteiger partial charge in [0.1, 0.15) is 0 Å². The van der Waals surface area contributed by atoms with E-state index in [0.717, 1.165) is 16.8 Å². The quantitative estimate of drug-likeness (QED) is 0.467. The number of rotatable bonds is 3. The Labute approximate surface area is 105 Å². The van der Waals surface area contributed by atoms with E-state index in [4.69, 9.17) is 0 Å². The minimum Gasteiger partial charge on any atom is -0.308 e. The van der Waals surface area contributed by atoms with E-state index in [1.807, 2.05) is 6.92 Å². The van der Waals surface area contributed by atoms with E-state index in [9.17, 15) is 14.9 Å². The second-order valence-corrected chi connectivity index (χ2v) is 4.51. The molecule has 5 heteroatoms. The number of amides is 1. The number of hydrogen-bond acceptors (Lipinski definition) is 3. The predicted molar refractivity (Wildman–Crippen MR) is 68.6 cm³/mol. The highest BCUT2D eigenvalue weighted by atomic mass is 16.6. The molecule has 94 valence electrons. The van der Waals surface area contributed by atoms with Gasteiger partial charge < -0.3 is 4.90 Å². The van der Waals surface area contributed by atoms with Crippen molar-refractivity contribution in [3.05, 3.63) is 46.0 Å². The fourth-order valence-corrected chi connectivity index (χ4v) is 2.10. The minimum atomic E-state index is -0.417. The molecule has 0 spiro atoms. The third-order valence-corrected chi connectivity index (χ3v) is 2.90. The van der Waals surface area contributed by atoms with E-state index in [2.05, 4.69) is 6.58 Å². The highest BCUT2D eigenvalue weighted by Crippen LogP contribution is 2.31. The van der Waals surface area contributed by atoms with Crippen molar-refractivity contribution in [2.45, 2.75) is 19.8 Å². The van der Waals surface area contributed by atoms with Gasteiger partial charge in [0.2, 0.25) is 5.91 Å². The van der Waals surface area contributed by atoms with E-state index in [1.165, 1.54) is 6.07 Å². The Bertz CT molecular complexity index is 537. The summed E-state index contributed by atoms with van der Waals surface area (Å²) in [7, 11) is 0. The zero-order valence-corrected chi connectivity index (χ0v) is 10.2. The maximum atomic E-state index is 11.9. The first-order valence-corrected chi connectivity index (χ1v) is 5.71. The number of carbonyl (C=O) groups excluding carboxylic acids is 1. The van der Waals surface area contributed by atoms with Gasteiger partial charge >= 0.3 is 0 Å². The number of carbonyl (C=O) groups is 1. The lowest BCUT2D eigenvalue weighted by atomic mass is 10.00. The normalized spacial score (nSPS) is 14.3. The van der Waals surface area contributed by atoms with Crippen LogP contribution < -0.4 is 4.90 Å². The van der Waals surface area contributed by atoms with Crippen molar-refractivity contribution < 1.29 is 9.72 Å². The van der Waals surface area contributed by atoms with Crippen molar-refractivity contribution in [1.29, 1.82) is 0 Å². The van der Waals surface area contributed by atoms with Crippen molar-refractivity contribution in [3.63, 3.8) is 0 Å². The summed E-state index contributed by atoms with van der Waals surface area (Å²) in [6.07, 6.45) is 0.948. The Kier molecular flexibility index (Phi) is 3.14. The maximum absolute atomic E-state index is 11.9. The SMILES string of the molecule is C=C(C)CN1C(=O)CCc2cc([N+](=O)[O-])ccc21. The van der Waals surface area contributed by atoms with Crippen LogP contribution in [0.25, 0.3) is 0 Å². The first-order valence-electron chi connectivity index (χ1n) is 5.71. The lowest BCUT2D eigenvalue weighted by Gasteiger charge is -2.29. The molecule has 0 aromatic heterocycles. The van der Waals surface area contributed by atoms with Gasteiger partial charge in [-0.2, -0.15) is 0 Å². The second-order valence-electron chi connectivity index (χ2n) is 4.51. The molecule has 0 atom stereocenters. The zero-order chi connectivity index (χ0) is 13.3. The molecule has 1 aromatic rings. The van der Waals surface area contributed by atoms with Crippen LogP contribution in [0.1, 0.15) is 18.9 Å². The summed E-state index contributed by atoms with van der Waals surface area (Å²) in [6, 6.07) is 4.63. The van der Waals surface area contributed by atoms with Crippen LogP contribution in [-0.2, 0) is 11.2 Å². The third-order valence-electron chi connectivity index (χ3n) is 2.90. The van der Waals surface area contributed by atoms with Crippen LogP contribution in [0, 0.1) is 10.1 Å². The number of non-ortho nitro benzene ring substituents is 1. The fourth-order valence-electron chi connectivity index (χ4n) is 2.10. The van der Waals surface area contributed by atoms with E-state index >= 15 is 0 Å². The van der Waals surface area contributed by atoms with Gasteiger partial charge in [-0.3, -0.25) is 14.9 Å². The Morgan fingerprint density at radius 1 is 1.50 bits per heavy atom. The second kappa shape index (κ2) is 4.60. The van der Waals surface area contributed by atoms with Gasteiger partial charge in [0.25, 0.3) is 5.69 Å². The molecule has 2 rings (SSSR count). The predicted octanol–water partition coefficient (Wildman–Crippen LogP) is 2.45. The average Bonchev–Trinajstić information content (AvgIpc) is 2.31. The van der Waals surface area contributed by atoms with Crippen LogP contribution in [0.4, 0.5) is 11.4 Å². The molecule has 0 N–H and O–H groups in total. The molecule has 18 heavy (non-hydrogen) atoms. The third kappa shape index (κ3) is 2.25. The number of hydrogen-bond donors (Lipinski definition) is 0. The van der Waals surface area contributed by atoms with Crippen molar-refractivity contribution in [1.82, 2.24) is 0 Å². The van der Waals surface area contributed by atoms with E-state index in [-0.39, 0.29) is 11.6 Å². The van der Waals surface area contributed by atoms with Crippen molar-refractivity contribution in [3.8, 4) is 0 Å². The van der Waals surface area contributed by atoms with Gasteiger partial charge in [0.05, 0.1) is 4.92 Å². The molecule has 0 fully saturated rings. The number of nitrogens with zero attached hydrogens (tertiary/aromatic N) is 2. The molecule has 1 aliphatic heterocycles. The summed E-state index contributed by atoms with van der Waals surface area (Å²) in [5.41, 5.74) is 2.57. The smallest absolute Gasteiger partial charge is 0.269 e. The van der Waals surface area contributed by atoms with Gasteiger partial charge in [-0.1, -0.05) is 12.2 Å². The number of fused-ring (bicyclic) bond motifs is 1. The molecule has 0 saturated carbocycles. The molecule has 1 aromatic carbocycles. The first kappa shape index (κ1) is 12.3. The molecule has 0 radical (unpaired) electrons. The number of nitro groups is 1. The average molecular weight is 246 g/mol. The monoisotopic (exact) mass is 246 g/mol. The highest BCUT2D eigenvalue weighted by Gasteiger charge is 2.25. The minimum absolute atomic E-state index is 0.0411. The summed E-state index contributed by atoms with van der Waals surface area (Å²) in [4.78, 5) is 23.8. The molecule has 0 aliphatic carbocycles. The molecule has 1 aliphatic rings. The fraction of sp³-hybridized carbons (Fsp3) is 0.308. The largest absolute Gasteiger partial charge is 0.308 e. The number of nitro benzene ring substituents is 1. The van der Waals surface area contributed by atoms with Crippen LogP contribution in [0.3, 0.4) is 0 Å². The van der Waals surface area contributed by atoms with Crippen molar-refractivity contribution in [2.24, 2.45) is 0 Å². The van der Waals surface area contributed by atoms with Gasteiger partial charge in [-0.25, -0.2) is 0 Å². The maximum Gasteiger partial charge on any atom is 0.269 e. The van der Waals surface area contributed by atoms with Crippen LogP contribution in [-0.4, -0.2) is 17.4 Å². The lowest BCUT2D eigenvalue weighted by molar-refractivity contribution is -0.384. The Morgan fingerprint density at radius 2 is 2.22 bits per heavy atom. The molecular weight excluding hydrogens is 232 g/mol. The molecule has 1 heterocycles. The van der Waals surface area contributed by atoms with Crippen molar-refractivity contribution in [2.75, 3.05) is 11.4 Å².